The zero-order valence-electron chi connectivity index (χ0n) is 4.04. The van der Waals surface area contributed by atoms with Gasteiger partial charge in [-0.2, -0.15) is 0 Å². The molecular formula is Cs2O4W. The monoisotopic (exact) mass is 514 g/mol. The van der Waals surface area contributed by atoms with Gasteiger partial charge in [-0.1, -0.05) is 0 Å². The van der Waals surface area contributed by atoms with Gasteiger partial charge in [-0.05, 0) is 0 Å². The van der Waals surface area contributed by atoms with Gasteiger partial charge in [0.2, 0.25) is 0 Å². The average molecular weight is 514 g/mol. The Morgan fingerprint density at radius 3 is 1.00 bits per heavy atom. The molecule has 0 radical (unpaired) electrons. The van der Waals surface area contributed by atoms with Gasteiger partial charge >= 0.3 is 169 Å². The van der Waals surface area contributed by atoms with Crippen molar-refractivity contribution in [2.24, 2.45) is 0 Å². The van der Waals surface area contributed by atoms with Gasteiger partial charge in [0.25, 0.3) is 0 Å². The maximum atomic E-state index is 8.65. The van der Waals surface area contributed by atoms with Crippen molar-refractivity contribution < 1.29 is 169 Å². The summed E-state index contributed by atoms with van der Waals surface area (Å²) in [4.78, 5) is 0. The fourth-order valence-corrected chi connectivity index (χ4v) is 0. The molecule has 7 heteroatoms. The summed E-state index contributed by atoms with van der Waals surface area (Å²) in [5, 5.41) is 0. The Kier molecular flexibility index (Phi) is 20.9. The quantitative estimate of drug-likeness (QED) is 0.322. The molecule has 0 fully saturated rings. The normalized spacial score (nSPS) is 8.29. The minimum absolute atomic E-state index is 0. The van der Waals surface area contributed by atoms with Gasteiger partial charge < -0.3 is 0 Å². The van der Waals surface area contributed by atoms with E-state index in [1.54, 1.807) is 0 Å². The third-order valence-corrected chi connectivity index (χ3v) is 0. The molecule has 4 nitrogen and oxygen atoms in total. The zero-order valence-corrected chi connectivity index (χ0v) is 19.5. The molecule has 0 aliphatic heterocycles. The second kappa shape index (κ2) is 8.41. The van der Waals surface area contributed by atoms with E-state index in [-0.39, 0.29) is 138 Å². The Morgan fingerprint density at radius 1 is 1.00 bits per heavy atom. The molecule has 0 aliphatic carbocycles. The molecule has 0 aliphatic rings. The molecule has 0 aromatic rings. The first-order valence-electron chi connectivity index (χ1n) is 0.667. The Morgan fingerprint density at radius 2 is 1.00 bits per heavy atom. The van der Waals surface area contributed by atoms with Crippen LogP contribution in [0.3, 0.4) is 0 Å². The average Bonchev–Trinajstić information content (AvgIpc) is 0.722. The molecule has 0 aromatic heterocycles. The molecule has 0 amide bonds. The van der Waals surface area contributed by atoms with Crippen molar-refractivity contribution in [2.75, 3.05) is 0 Å². The van der Waals surface area contributed by atoms with E-state index in [1.807, 2.05) is 0 Å². The van der Waals surface area contributed by atoms with Crippen LogP contribution in [-0.2, 0) is 23.5 Å². The Labute approximate surface area is 162 Å². The topological polar surface area (TPSA) is 80.3 Å². The van der Waals surface area contributed by atoms with Crippen LogP contribution in [0, 0.1) is 0 Å². The molecule has 0 spiro atoms. The Bertz CT molecular complexity index is 92.9. The summed E-state index contributed by atoms with van der Waals surface area (Å²) in [7, 11) is 0. The molecule has 0 unspecified atom stereocenters. The molecule has 0 saturated heterocycles. The molecule has 0 atom stereocenters. The first-order chi connectivity index (χ1) is 2.00. The fourth-order valence-electron chi connectivity index (χ4n) is 0. The Balaban J connectivity index is -0.0000000800. The van der Waals surface area contributed by atoms with Gasteiger partial charge in [-0.15, -0.1) is 0 Å². The molecule has 0 N–H and O–H groups in total. The van der Waals surface area contributed by atoms with E-state index in [0.29, 0.717) is 0 Å². The van der Waals surface area contributed by atoms with E-state index in [9.17, 15) is 0 Å². The van der Waals surface area contributed by atoms with Gasteiger partial charge in [0, 0.05) is 0 Å². The minimum atomic E-state index is -6.17. The number of rotatable bonds is 0. The van der Waals surface area contributed by atoms with Crippen LogP contribution in [0.25, 0.3) is 0 Å². The van der Waals surface area contributed by atoms with E-state index in [0.717, 1.165) is 0 Å². The van der Waals surface area contributed by atoms with Crippen molar-refractivity contribution in [1.82, 2.24) is 0 Å². The van der Waals surface area contributed by atoms with E-state index in [2.05, 4.69) is 0 Å². The van der Waals surface area contributed by atoms with Crippen molar-refractivity contribution in [3.8, 4) is 0 Å². The van der Waals surface area contributed by atoms with Gasteiger partial charge in [0.05, 0.1) is 0 Å². The molecule has 0 heterocycles. The van der Waals surface area contributed by atoms with Crippen molar-refractivity contribution in [1.29, 1.82) is 0 Å². The molecule has 7 heavy (non-hydrogen) atoms. The van der Waals surface area contributed by atoms with Crippen molar-refractivity contribution in [2.45, 2.75) is 0 Å². The van der Waals surface area contributed by atoms with Crippen molar-refractivity contribution in [3.63, 3.8) is 0 Å². The summed E-state index contributed by atoms with van der Waals surface area (Å²) in [5.41, 5.74) is 0. The van der Waals surface area contributed by atoms with Gasteiger partial charge in [0.1, 0.15) is 0 Å². The molecule has 0 bridgehead atoms. The van der Waals surface area contributed by atoms with Gasteiger partial charge in [-0.25, -0.2) is 0 Å². The van der Waals surface area contributed by atoms with Gasteiger partial charge in [0.15, 0.2) is 0 Å². The summed E-state index contributed by atoms with van der Waals surface area (Å²) in [6.07, 6.45) is 0. The zero-order chi connectivity index (χ0) is 4.50. The second-order valence-corrected chi connectivity index (χ2v) is 3.34. The van der Waals surface area contributed by atoms with Crippen molar-refractivity contribution >= 4 is 0 Å². The summed E-state index contributed by atoms with van der Waals surface area (Å²) >= 11 is -6.17. The maximum absolute atomic E-state index is 8.65. The number of hydrogen-bond donors (Lipinski definition) is 0. The van der Waals surface area contributed by atoms with Crippen LogP contribution in [0.1, 0.15) is 0 Å². The molecule has 0 rings (SSSR count). The van der Waals surface area contributed by atoms with Crippen LogP contribution in [-0.4, -0.2) is 0 Å². The standard InChI is InChI=1S/2Cs.4O.W/q2*+1;;;2*-1;. The first-order valence-corrected chi connectivity index (χ1v) is 5.46. The molecule has 0 saturated carbocycles. The van der Waals surface area contributed by atoms with E-state index >= 15 is 0 Å². The van der Waals surface area contributed by atoms with E-state index < -0.39 is 16.7 Å². The van der Waals surface area contributed by atoms with Gasteiger partial charge in [-0.3, -0.25) is 0 Å². The summed E-state index contributed by atoms with van der Waals surface area (Å²) < 4.78 is 34.6. The van der Waals surface area contributed by atoms with E-state index in [1.165, 1.54) is 0 Å². The Hall–Kier alpha value is 4.31. The predicted octanol–water partition coefficient (Wildman–Crippen LogP) is -8.61. The third-order valence-electron chi connectivity index (χ3n) is 0. The summed E-state index contributed by atoms with van der Waals surface area (Å²) in [6.45, 7) is 0. The van der Waals surface area contributed by atoms with E-state index in [4.69, 9.17) is 14.3 Å². The SMILES string of the molecule is [Cs+].[Cs+].[O]=[W](=[O])([O-])[O-]. The predicted molar refractivity (Wildman–Crippen MR) is 1.37 cm³/mol. The summed E-state index contributed by atoms with van der Waals surface area (Å²) in [5.74, 6) is 0. The van der Waals surface area contributed by atoms with Crippen LogP contribution < -0.4 is 145 Å². The van der Waals surface area contributed by atoms with Crippen LogP contribution in [0.15, 0.2) is 0 Å². The molecule has 32 valence electrons. The molecule has 0 aromatic carbocycles. The third kappa shape index (κ3) is 38.3. The van der Waals surface area contributed by atoms with Crippen LogP contribution >= 0.6 is 0 Å². The summed E-state index contributed by atoms with van der Waals surface area (Å²) in [6, 6.07) is 0. The fraction of sp³-hybridized carbons (Fsp3) is 0. The first kappa shape index (κ1) is 17.4. The van der Waals surface area contributed by atoms with Crippen LogP contribution in [0.2, 0.25) is 0 Å². The number of hydrogen-bond acceptors (Lipinski definition) is 4. The van der Waals surface area contributed by atoms with Crippen molar-refractivity contribution in [3.05, 3.63) is 0 Å². The van der Waals surface area contributed by atoms with Crippen LogP contribution in [0.4, 0.5) is 0 Å². The molecular weight excluding hydrogens is 514 g/mol. The van der Waals surface area contributed by atoms with Crippen LogP contribution in [0.5, 0.6) is 0 Å². The second-order valence-electron chi connectivity index (χ2n) is 0.408.